The largest absolute Gasteiger partial charge is 0.458 e. The Balaban J connectivity index is 1.55. The number of halogens is 3. The Morgan fingerprint density at radius 2 is 2.18 bits per heavy atom. The molecule has 1 aromatic heterocycles. The first-order valence-electron chi connectivity index (χ1n) is 7.77. The van der Waals surface area contributed by atoms with Crippen LogP contribution in [-0.2, 0) is 19.1 Å². The third kappa shape index (κ3) is 5.25. The maximum absolute atomic E-state index is 12.4. The molecule has 14 heteroatoms. The molecule has 1 saturated heterocycles. The van der Waals surface area contributed by atoms with E-state index in [0.29, 0.717) is 9.91 Å². The highest BCUT2D eigenvalue weighted by atomic mass is 35.6. The average molecular weight is 504 g/mol. The molecule has 0 spiro atoms. The molecule has 2 amide bonds. The molecule has 3 rings (SSSR count). The molecule has 2 aliphatic heterocycles. The van der Waals surface area contributed by atoms with Crippen LogP contribution in [0.1, 0.15) is 6.92 Å². The normalized spacial score (nSPS) is 24.1. The number of fused-ring (bicyclic) bond motifs is 1. The summed E-state index contributed by atoms with van der Waals surface area (Å²) in [5.41, 5.74) is 1.87. The van der Waals surface area contributed by atoms with Crippen molar-refractivity contribution in [2.75, 3.05) is 12.4 Å². The number of thioether (sulfide) groups is 2. The molecular weight excluding hydrogens is 491 g/mol. The number of nitrogens with one attached hydrogen (secondary N) is 1. The lowest BCUT2D eigenvalue weighted by atomic mass is 10.1. The van der Waals surface area contributed by atoms with E-state index in [-0.39, 0.29) is 28.2 Å². The number of nitrogens with zero attached hydrogens (tertiary/aromatic N) is 3. The van der Waals surface area contributed by atoms with Crippen molar-refractivity contribution in [2.45, 2.75) is 31.7 Å². The molecule has 2 unspecified atom stereocenters. The van der Waals surface area contributed by atoms with Gasteiger partial charge in [-0.05, 0) is 6.92 Å². The Labute approximate surface area is 187 Å². The molecule has 0 bridgehead atoms. The van der Waals surface area contributed by atoms with Gasteiger partial charge in [0, 0.05) is 11.4 Å². The second-order valence-corrected chi connectivity index (χ2v) is 11.8. The van der Waals surface area contributed by atoms with Crippen molar-refractivity contribution in [2.24, 2.45) is 0 Å². The number of carbonyl (C=O) groups excluding carboxylic acids is 3. The highest BCUT2D eigenvalue weighted by molar-refractivity contribution is 8.01. The number of amides is 2. The van der Waals surface area contributed by atoms with Gasteiger partial charge < -0.3 is 15.0 Å². The van der Waals surface area contributed by atoms with Crippen molar-refractivity contribution >= 4 is 87.4 Å². The molecule has 0 radical (unpaired) electrons. The first-order valence-corrected chi connectivity index (χ1v) is 11.7. The summed E-state index contributed by atoms with van der Waals surface area (Å²) < 4.78 is 3.95. The van der Waals surface area contributed by atoms with Gasteiger partial charge in [-0.3, -0.25) is 9.59 Å². The number of alkyl halides is 3. The molecule has 8 nitrogen and oxygen atoms in total. The maximum Gasteiger partial charge on any atom is 0.336 e. The number of β-lactam (4-membered cyclic amide) rings is 1. The van der Waals surface area contributed by atoms with Crippen LogP contribution in [0.15, 0.2) is 21.6 Å². The standard InChI is InChI=1S/C14H13Cl3N4O4S3/c1-6-7(12(24)25-4-14(15,16)17)2-21-10(23)9(11(21)28-6)19-8(22)3-26-13-20-18-5-27-13/h2,5-6,9,11H,3-4H2,1H3,(H,19,22)/t6?,9?,11-/m1/s1. The topological polar surface area (TPSA) is 101 Å². The lowest BCUT2D eigenvalue weighted by Crippen LogP contribution is -2.69. The zero-order valence-corrected chi connectivity index (χ0v) is 18.9. The Kier molecular flexibility index (Phi) is 7.04. The molecule has 28 heavy (non-hydrogen) atoms. The summed E-state index contributed by atoms with van der Waals surface area (Å²) in [7, 11) is 0. The first kappa shape index (κ1) is 22.0. The van der Waals surface area contributed by atoms with E-state index in [9.17, 15) is 14.4 Å². The van der Waals surface area contributed by atoms with E-state index in [4.69, 9.17) is 39.5 Å². The van der Waals surface area contributed by atoms with Gasteiger partial charge in [0.15, 0.2) is 4.34 Å². The van der Waals surface area contributed by atoms with Crippen molar-refractivity contribution < 1.29 is 19.1 Å². The predicted octanol–water partition coefficient (Wildman–Crippen LogP) is 2.22. The lowest BCUT2D eigenvalue weighted by molar-refractivity contribution is -0.145. The summed E-state index contributed by atoms with van der Waals surface area (Å²) in [6.45, 7) is 1.41. The number of hydrogen-bond donors (Lipinski definition) is 1. The highest BCUT2D eigenvalue weighted by Crippen LogP contribution is 2.41. The summed E-state index contributed by atoms with van der Waals surface area (Å²) in [6, 6.07) is -0.648. The van der Waals surface area contributed by atoms with Crippen LogP contribution in [0.3, 0.4) is 0 Å². The Bertz CT molecular complexity index is 802. The zero-order chi connectivity index (χ0) is 20.5. The molecule has 3 heterocycles. The number of rotatable bonds is 6. The fraction of sp³-hybridized carbons (Fsp3) is 0.500. The summed E-state index contributed by atoms with van der Waals surface area (Å²) >= 11 is 20.7. The van der Waals surface area contributed by atoms with Crippen molar-refractivity contribution in [3.05, 3.63) is 17.3 Å². The second-order valence-electron chi connectivity index (χ2n) is 5.73. The van der Waals surface area contributed by atoms with Crippen molar-refractivity contribution in [3.63, 3.8) is 0 Å². The minimum atomic E-state index is -1.71. The molecule has 1 fully saturated rings. The SMILES string of the molecule is CC1S[C@@H]2C(NC(=O)CSc3nncs3)C(=O)N2C=C1C(=O)OCC(Cl)(Cl)Cl. The van der Waals surface area contributed by atoms with Crippen molar-refractivity contribution in [3.8, 4) is 0 Å². The van der Waals surface area contributed by atoms with Crippen LogP contribution in [0.5, 0.6) is 0 Å². The molecule has 1 aromatic rings. The van der Waals surface area contributed by atoms with Crippen LogP contribution >= 0.6 is 69.7 Å². The molecule has 3 atom stereocenters. The molecular formula is C14H13Cl3N4O4S3. The van der Waals surface area contributed by atoms with Gasteiger partial charge in [-0.15, -0.1) is 22.0 Å². The highest BCUT2D eigenvalue weighted by Gasteiger charge is 2.51. The Hall–Kier alpha value is -0.720. The first-order chi connectivity index (χ1) is 13.2. The monoisotopic (exact) mass is 502 g/mol. The van der Waals surface area contributed by atoms with E-state index >= 15 is 0 Å². The number of esters is 1. The van der Waals surface area contributed by atoms with Crippen LogP contribution in [0.25, 0.3) is 0 Å². The molecule has 152 valence electrons. The van der Waals surface area contributed by atoms with E-state index in [1.807, 2.05) is 0 Å². The van der Waals surface area contributed by atoms with Crippen LogP contribution in [0, 0.1) is 0 Å². The number of ether oxygens (including phenoxy) is 1. The Morgan fingerprint density at radius 3 is 2.82 bits per heavy atom. The van der Waals surface area contributed by atoms with Gasteiger partial charge in [0.25, 0.3) is 5.91 Å². The van der Waals surface area contributed by atoms with Gasteiger partial charge in [0.2, 0.25) is 9.70 Å². The molecule has 0 aromatic carbocycles. The minimum absolute atomic E-state index is 0.135. The maximum atomic E-state index is 12.4. The van der Waals surface area contributed by atoms with Gasteiger partial charge in [-0.25, -0.2) is 4.79 Å². The van der Waals surface area contributed by atoms with E-state index in [1.165, 1.54) is 46.0 Å². The van der Waals surface area contributed by atoms with Gasteiger partial charge in [0.1, 0.15) is 23.5 Å². The fourth-order valence-corrected chi connectivity index (χ4v) is 5.28. The van der Waals surface area contributed by atoms with E-state index in [1.54, 1.807) is 12.4 Å². The quantitative estimate of drug-likeness (QED) is 0.273. The lowest BCUT2D eigenvalue weighted by Gasteiger charge is -2.48. The summed E-state index contributed by atoms with van der Waals surface area (Å²) in [4.78, 5) is 38.1. The van der Waals surface area contributed by atoms with E-state index in [2.05, 4.69) is 15.5 Å². The second kappa shape index (κ2) is 8.97. The van der Waals surface area contributed by atoms with Crippen LogP contribution in [-0.4, -0.2) is 65.7 Å². The van der Waals surface area contributed by atoms with Gasteiger partial charge in [-0.1, -0.05) is 57.9 Å². The third-order valence-electron chi connectivity index (χ3n) is 3.73. The fourth-order valence-electron chi connectivity index (χ4n) is 2.46. The van der Waals surface area contributed by atoms with Gasteiger partial charge in [0.05, 0.1) is 11.3 Å². The van der Waals surface area contributed by atoms with E-state index in [0.717, 1.165) is 0 Å². The van der Waals surface area contributed by atoms with Crippen molar-refractivity contribution in [1.82, 2.24) is 20.4 Å². The average Bonchev–Trinajstić information content (AvgIpc) is 3.15. The van der Waals surface area contributed by atoms with Crippen molar-refractivity contribution in [1.29, 1.82) is 0 Å². The summed E-state index contributed by atoms with van der Waals surface area (Å²) in [6.07, 6.45) is 1.44. The summed E-state index contributed by atoms with van der Waals surface area (Å²) in [5.74, 6) is -1.09. The van der Waals surface area contributed by atoms with Crippen LogP contribution < -0.4 is 5.32 Å². The Morgan fingerprint density at radius 1 is 1.43 bits per heavy atom. The number of aromatic nitrogens is 2. The molecule has 2 aliphatic rings. The zero-order valence-electron chi connectivity index (χ0n) is 14.1. The smallest absolute Gasteiger partial charge is 0.336 e. The molecule has 0 aliphatic carbocycles. The molecule has 0 saturated carbocycles. The van der Waals surface area contributed by atoms with Gasteiger partial charge >= 0.3 is 5.97 Å². The van der Waals surface area contributed by atoms with E-state index < -0.39 is 22.4 Å². The summed E-state index contributed by atoms with van der Waals surface area (Å²) in [5, 5.41) is 9.72. The van der Waals surface area contributed by atoms with Crippen LogP contribution in [0.2, 0.25) is 0 Å². The third-order valence-corrected chi connectivity index (χ3v) is 7.35. The number of hydrogen-bond acceptors (Lipinski definition) is 9. The minimum Gasteiger partial charge on any atom is -0.458 e. The van der Waals surface area contributed by atoms with Crippen LogP contribution in [0.4, 0.5) is 0 Å². The predicted molar refractivity (Wildman–Crippen MR) is 110 cm³/mol. The molecule has 1 N–H and O–H groups in total. The number of carbonyl (C=O) groups is 3. The van der Waals surface area contributed by atoms with Gasteiger partial charge in [-0.2, -0.15) is 0 Å².